The highest BCUT2D eigenvalue weighted by Crippen LogP contribution is 2.27. The molecule has 6 heteroatoms. The minimum Gasteiger partial charge on any atom is -0.459 e. The van der Waals surface area contributed by atoms with Crippen LogP contribution in [-0.4, -0.2) is 34.0 Å². The molecule has 0 bridgehead atoms. The molecule has 1 aliphatic rings. The highest BCUT2D eigenvalue weighted by molar-refractivity contribution is 5.91. The molecule has 2 aromatic rings. The standard InChI is InChI=1S/C16H21N3O3/c1-2-3-6-14-17-15(22-18-14)12-7-9-19(10-8-12)16(20)13-5-4-11-21-13/h4-5,11-12H,2-3,6-10H2,1H3. The number of likely N-dealkylation sites (tertiary alicyclic amines) is 1. The first kappa shape index (κ1) is 14.8. The second kappa shape index (κ2) is 6.77. The Morgan fingerprint density at radius 2 is 2.23 bits per heavy atom. The lowest BCUT2D eigenvalue weighted by Crippen LogP contribution is -2.37. The van der Waals surface area contributed by atoms with E-state index in [1.165, 1.54) is 6.26 Å². The fraction of sp³-hybridized carbons (Fsp3) is 0.562. The summed E-state index contributed by atoms with van der Waals surface area (Å²) in [5.74, 6) is 2.13. The summed E-state index contributed by atoms with van der Waals surface area (Å²) in [5.41, 5.74) is 0. The van der Waals surface area contributed by atoms with Crippen molar-refractivity contribution in [3.63, 3.8) is 0 Å². The number of amides is 1. The van der Waals surface area contributed by atoms with E-state index in [0.717, 1.165) is 43.8 Å². The van der Waals surface area contributed by atoms with Crippen molar-refractivity contribution in [3.05, 3.63) is 35.9 Å². The first-order chi connectivity index (χ1) is 10.8. The van der Waals surface area contributed by atoms with E-state index in [-0.39, 0.29) is 11.8 Å². The lowest BCUT2D eigenvalue weighted by molar-refractivity contribution is 0.0672. The fourth-order valence-electron chi connectivity index (χ4n) is 2.76. The Balaban J connectivity index is 1.55. The van der Waals surface area contributed by atoms with E-state index in [1.807, 2.05) is 4.90 Å². The van der Waals surface area contributed by atoms with Crippen molar-refractivity contribution in [2.75, 3.05) is 13.1 Å². The van der Waals surface area contributed by atoms with Crippen molar-refractivity contribution in [3.8, 4) is 0 Å². The van der Waals surface area contributed by atoms with Crippen LogP contribution in [-0.2, 0) is 6.42 Å². The molecule has 1 saturated heterocycles. The molecular formula is C16H21N3O3. The summed E-state index contributed by atoms with van der Waals surface area (Å²) in [6.45, 7) is 3.53. The average Bonchev–Trinajstić information content (AvgIpc) is 3.24. The Bertz CT molecular complexity index is 598. The van der Waals surface area contributed by atoms with Crippen molar-refractivity contribution in [2.45, 2.75) is 44.9 Å². The van der Waals surface area contributed by atoms with Gasteiger partial charge in [-0.05, 0) is 31.4 Å². The molecule has 0 aromatic carbocycles. The normalized spacial score (nSPS) is 16.1. The van der Waals surface area contributed by atoms with Gasteiger partial charge in [0.2, 0.25) is 5.89 Å². The molecule has 1 fully saturated rings. The Labute approximate surface area is 129 Å². The molecule has 118 valence electrons. The third kappa shape index (κ3) is 3.21. The van der Waals surface area contributed by atoms with Crippen LogP contribution in [0.1, 0.15) is 60.8 Å². The Kier molecular flexibility index (Phi) is 4.56. The Morgan fingerprint density at radius 3 is 2.91 bits per heavy atom. The average molecular weight is 303 g/mol. The maximum atomic E-state index is 12.2. The number of unbranched alkanes of at least 4 members (excludes halogenated alkanes) is 1. The summed E-state index contributed by atoms with van der Waals surface area (Å²) < 4.78 is 10.6. The number of carbonyl (C=O) groups excluding carboxylic acids is 1. The summed E-state index contributed by atoms with van der Waals surface area (Å²) >= 11 is 0. The van der Waals surface area contributed by atoms with Gasteiger partial charge in [0.25, 0.3) is 5.91 Å². The van der Waals surface area contributed by atoms with Crippen molar-refractivity contribution in [1.29, 1.82) is 0 Å². The number of rotatable bonds is 5. The Morgan fingerprint density at radius 1 is 1.41 bits per heavy atom. The highest BCUT2D eigenvalue weighted by Gasteiger charge is 2.28. The van der Waals surface area contributed by atoms with Crippen LogP contribution in [0.25, 0.3) is 0 Å². The van der Waals surface area contributed by atoms with Gasteiger partial charge in [-0.2, -0.15) is 4.98 Å². The second-order valence-corrected chi connectivity index (χ2v) is 5.70. The lowest BCUT2D eigenvalue weighted by Gasteiger charge is -2.29. The van der Waals surface area contributed by atoms with Gasteiger partial charge in [-0.3, -0.25) is 4.79 Å². The number of aryl methyl sites for hydroxylation is 1. The summed E-state index contributed by atoms with van der Waals surface area (Å²) in [4.78, 5) is 18.5. The zero-order chi connectivity index (χ0) is 15.4. The number of furan rings is 1. The monoisotopic (exact) mass is 303 g/mol. The van der Waals surface area contributed by atoms with E-state index >= 15 is 0 Å². The van der Waals surface area contributed by atoms with Crippen LogP contribution in [0.4, 0.5) is 0 Å². The predicted octanol–water partition coefficient (Wildman–Crippen LogP) is 3.03. The zero-order valence-corrected chi connectivity index (χ0v) is 12.8. The molecular weight excluding hydrogens is 282 g/mol. The molecule has 2 aromatic heterocycles. The maximum Gasteiger partial charge on any atom is 0.289 e. The zero-order valence-electron chi connectivity index (χ0n) is 12.8. The molecule has 1 aliphatic heterocycles. The second-order valence-electron chi connectivity index (χ2n) is 5.70. The van der Waals surface area contributed by atoms with Crippen LogP contribution in [0, 0.1) is 0 Å². The first-order valence-corrected chi connectivity index (χ1v) is 7.93. The first-order valence-electron chi connectivity index (χ1n) is 7.93. The summed E-state index contributed by atoms with van der Waals surface area (Å²) in [5, 5.41) is 4.04. The minimum atomic E-state index is -0.0439. The van der Waals surface area contributed by atoms with Gasteiger partial charge >= 0.3 is 0 Å². The fourth-order valence-corrected chi connectivity index (χ4v) is 2.76. The maximum absolute atomic E-state index is 12.2. The van der Waals surface area contributed by atoms with Crippen molar-refractivity contribution >= 4 is 5.91 Å². The summed E-state index contributed by atoms with van der Waals surface area (Å²) in [6.07, 6.45) is 6.29. The molecule has 0 unspecified atom stereocenters. The smallest absolute Gasteiger partial charge is 0.289 e. The molecule has 0 spiro atoms. The highest BCUT2D eigenvalue weighted by atomic mass is 16.5. The van der Waals surface area contributed by atoms with Gasteiger partial charge in [0, 0.05) is 25.4 Å². The summed E-state index contributed by atoms with van der Waals surface area (Å²) in [7, 11) is 0. The van der Waals surface area contributed by atoms with Gasteiger partial charge in [0.15, 0.2) is 11.6 Å². The molecule has 6 nitrogen and oxygen atoms in total. The number of piperidine rings is 1. The van der Waals surface area contributed by atoms with E-state index in [1.54, 1.807) is 12.1 Å². The SMILES string of the molecule is CCCCc1noc(C2CCN(C(=O)c3ccco3)CC2)n1. The molecule has 0 saturated carbocycles. The van der Waals surface area contributed by atoms with Gasteiger partial charge in [-0.1, -0.05) is 18.5 Å². The largest absolute Gasteiger partial charge is 0.459 e. The molecule has 3 heterocycles. The van der Waals surface area contributed by atoms with Crippen molar-refractivity contribution < 1.29 is 13.7 Å². The molecule has 22 heavy (non-hydrogen) atoms. The van der Waals surface area contributed by atoms with Gasteiger partial charge in [-0.15, -0.1) is 0 Å². The molecule has 0 atom stereocenters. The van der Waals surface area contributed by atoms with E-state index in [4.69, 9.17) is 8.94 Å². The van der Waals surface area contributed by atoms with Gasteiger partial charge < -0.3 is 13.8 Å². The van der Waals surface area contributed by atoms with E-state index < -0.39 is 0 Å². The number of aromatic nitrogens is 2. The van der Waals surface area contributed by atoms with E-state index in [2.05, 4.69) is 17.1 Å². The topological polar surface area (TPSA) is 72.4 Å². The van der Waals surface area contributed by atoms with Crippen LogP contribution in [0.15, 0.2) is 27.3 Å². The number of hydrogen-bond donors (Lipinski definition) is 0. The van der Waals surface area contributed by atoms with Gasteiger partial charge in [0.05, 0.1) is 6.26 Å². The van der Waals surface area contributed by atoms with Crippen LogP contribution in [0.2, 0.25) is 0 Å². The van der Waals surface area contributed by atoms with Gasteiger partial charge in [-0.25, -0.2) is 0 Å². The molecule has 3 rings (SSSR count). The third-order valence-electron chi connectivity index (χ3n) is 4.10. The summed E-state index contributed by atoms with van der Waals surface area (Å²) in [6, 6.07) is 3.43. The predicted molar refractivity (Wildman–Crippen MR) is 79.5 cm³/mol. The number of carbonyl (C=O) groups is 1. The van der Waals surface area contributed by atoms with Crippen molar-refractivity contribution in [1.82, 2.24) is 15.0 Å². The molecule has 0 N–H and O–H groups in total. The molecule has 0 radical (unpaired) electrons. The van der Waals surface area contributed by atoms with E-state index in [9.17, 15) is 4.79 Å². The lowest BCUT2D eigenvalue weighted by atomic mass is 9.96. The van der Waals surface area contributed by atoms with Crippen LogP contribution in [0.3, 0.4) is 0 Å². The minimum absolute atomic E-state index is 0.0439. The van der Waals surface area contributed by atoms with Crippen LogP contribution >= 0.6 is 0 Å². The van der Waals surface area contributed by atoms with Gasteiger partial charge in [0.1, 0.15) is 0 Å². The molecule has 0 aliphatic carbocycles. The quantitative estimate of drug-likeness (QED) is 0.849. The molecule has 1 amide bonds. The number of nitrogens with zero attached hydrogens (tertiary/aromatic N) is 3. The third-order valence-corrected chi connectivity index (χ3v) is 4.10. The van der Waals surface area contributed by atoms with Crippen LogP contribution < -0.4 is 0 Å². The van der Waals surface area contributed by atoms with E-state index in [0.29, 0.717) is 18.8 Å². The van der Waals surface area contributed by atoms with Crippen molar-refractivity contribution in [2.24, 2.45) is 0 Å². The Hall–Kier alpha value is -2.11. The number of hydrogen-bond acceptors (Lipinski definition) is 5. The van der Waals surface area contributed by atoms with Crippen LogP contribution in [0.5, 0.6) is 0 Å².